The summed E-state index contributed by atoms with van der Waals surface area (Å²) < 4.78 is 25.3. The Kier molecular flexibility index (Phi) is 7.09. The number of hydrogen-bond donors (Lipinski definition) is 0. The van der Waals surface area contributed by atoms with Crippen molar-refractivity contribution in [1.82, 2.24) is 4.57 Å². The van der Waals surface area contributed by atoms with Crippen LogP contribution in [0, 0.1) is 0 Å². The number of rotatable bonds is 8. The van der Waals surface area contributed by atoms with Gasteiger partial charge in [0.15, 0.2) is 0 Å². The van der Waals surface area contributed by atoms with Gasteiger partial charge in [-0.15, -0.1) is 0 Å². The first-order valence-corrected chi connectivity index (χ1v) is 10.9. The lowest BCUT2D eigenvalue weighted by Gasteiger charge is -2.32. The molecule has 0 aliphatic carbocycles. The lowest BCUT2D eigenvalue weighted by Crippen LogP contribution is -2.41. The molecule has 0 spiro atoms. The zero-order valence-corrected chi connectivity index (χ0v) is 19.9. The van der Waals surface area contributed by atoms with Crippen molar-refractivity contribution in [1.29, 1.82) is 0 Å². The number of aryl methyl sites for hydroxylation is 2. The number of unbranched alkanes of at least 4 members (excludes halogenated alkanes) is 1. The van der Waals surface area contributed by atoms with Gasteiger partial charge in [0.2, 0.25) is 0 Å². The number of methoxy groups -OCH3 is 1. The fourth-order valence-electron chi connectivity index (χ4n) is 3.45. The van der Waals surface area contributed by atoms with E-state index in [-0.39, 0.29) is 5.56 Å². The first-order valence-electron chi connectivity index (χ1n) is 10.6. The van der Waals surface area contributed by atoms with Crippen molar-refractivity contribution in [3.05, 3.63) is 51.4 Å². The molecule has 2 heterocycles. The van der Waals surface area contributed by atoms with Gasteiger partial charge in [0.05, 0.1) is 24.9 Å². The quantitative estimate of drug-likeness (QED) is 0.456. The second-order valence-corrected chi connectivity index (χ2v) is 9.33. The molecule has 3 rings (SSSR count). The monoisotopic (exact) mass is 447 g/mol. The molecular formula is C23H31BClNO5. The molecule has 0 N–H and O–H groups in total. The van der Waals surface area contributed by atoms with E-state index in [0.717, 1.165) is 36.0 Å². The molecule has 0 amide bonds. The Morgan fingerprint density at radius 3 is 2.39 bits per heavy atom. The maximum absolute atomic E-state index is 12.2. The van der Waals surface area contributed by atoms with E-state index in [1.165, 1.54) is 10.6 Å². The first kappa shape index (κ1) is 23.7. The average Bonchev–Trinajstić information content (AvgIpc) is 2.91. The number of ether oxygens (including phenoxy) is 2. The fourth-order valence-corrected chi connectivity index (χ4v) is 3.64. The third-order valence-electron chi connectivity index (χ3n) is 6.07. The van der Waals surface area contributed by atoms with Crippen LogP contribution in [-0.2, 0) is 22.8 Å². The summed E-state index contributed by atoms with van der Waals surface area (Å²) in [5, 5.41) is 0.694. The van der Waals surface area contributed by atoms with Crippen LogP contribution in [0.2, 0.25) is 5.02 Å². The lowest BCUT2D eigenvalue weighted by atomic mass is 9.79. The summed E-state index contributed by atoms with van der Waals surface area (Å²) >= 11 is 6.11. The predicted molar refractivity (Wildman–Crippen MR) is 124 cm³/mol. The number of hydrogen-bond acceptors (Lipinski definition) is 5. The van der Waals surface area contributed by atoms with Crippen molar-refractivity contribution in [3.8, 4) is 11.5 Å². The molecule has 168 valence electrons. The fraction of sp³-hybridized carbons (Fsp3) is 0.522. The minimum absolute atomic E-state index is 0.140. The second-order valence-electron chi connectivity index (χ2n) is 8.89. The molecule has 1 aromatic carbocycles. The Morgan fingerprint density at radius 2 is 1.74 bits per heavy atom. The van der Waals surface area contributed by atoms with Crippen molar-refractivity contribution < 1.29 is 18.8 Å². The summed E-state index contributed by atoms with van der Waals surface area (Å²) in [4.78, 5) is 12.2. The number of benzene rings is 1. The van der Waals surface area contributed by atoms with Gasteiger partial charge in [0, 0.05) is 29.8 Å². The Hall–Kier alpha value is -1.96. The molecule has 1 aliphatic rings. The molecule has 1 saturated heterocycles. The van der Waals surface area contributed by atoms with Crippen molar-refractivity contribution >= 4 is 24.2 Å². The molecule has 1 aromatic heterocycles. The van der Waals surface area contributed by atoms with Crippen LogP contribution in [-0.4, -0.2) is 36.6 Å². The molecule has 0 radical (unpaired) electrons. The van der Waals surface area contributed by atoms with E-state index in [1.807, 2.05) is 45.9 Å². The minimum Gasteiger partial charge on any atom is -0.496 e. The van der Waals surface area contributed by atoms with E-state index in [2.05, 4.69) is 0 Å². The van der Waals surface area contributed by atoms with Gasteiger partial charge >= 0.3 is 7.12 Å². The zero-order chi connectivity index (χ0) is 22.8. The highest BCUT2D eigenvalue weighted by molar-refractivity contribution is 6.63. The maximum atomic E-state index is 12.2. The molecule has 6 nitrogen and oxygen atoms in total. The number of aromatic nitrogens is 1. The topological polar surface area (TPSA) is 58.9 Å². The Labute approximate surface area is 189 Å². The molecule has 0 unspecified atom stereocenters. The van der Waals surface area contributed by atoms with E-state index in [0.29, 0.717) is 17.4 Å². The third kappa shape index (κ3) is 5.28. The molecular weight excluding hydrogens is 417 g/mol. The van der Waals surface area contributed by atoms with Gasteiger partial charge in [-0.05, 0) is 70.7 Å². The highest BCUT2D eigenvalue weighted by Crippen LogP contribution is 2.37. The van der Waals surface area contributed by atoms with Crippen LogP contribution >= 0.6 is 11.6 Å². The Morgan fingerprint density at radius 1 is 1.06 bits per heavy atom. The largest absolute Gasteiger partial charge is 0.500 e. The molecule has 1 aliphatic heterocycles. The SMILES string of the molecule is COc1ccc(Cl)cc1CCCCOc1cc(=O)n(C)cc1B1OC(C)(C)C(C)(C)O1. The molecule has 31 heavy (non-hydrogen) atoms. The van der Waals surface area contributed by atoms with Gasteiger partial charge in [0.25, 0.3) is 5.56 Å². The summed E-state index contributed by atoms with van der Waals surface area (Å²) in [5.41, 5.74) is 0.706. The van der Waals surface area contributed by atoms with Crippen LogP contribution < -0.4 is 20.5 Å². The van der Waals surface area contributed by atoms with Gasteiger partial charge in [0.1, 0.15) is 11.5 Å². The van der Waals surface area contributed by atoms with Crippen LogP contribution in [0.5, 0.6) is 11.5 Å². The van der Waals surface area contributed by atoms with Crippen LogP contribution in [0.25, 0.3) is 0 Å². The van der Waals surface area contributed by atoms with E-state index in [1.54, 1.807) is 20.4 Å². The highest BCUT2D eigenvalue weighted by Gasteiger charge is 2.52. The minimum atomic E-state index is -0.595. The van der Waals surface area contributed by atoms with Crippen molar-refractivity contribution in [3.63, 3.8) is 0 Å². The average molecular weight is 448 g/mol. The van der Waals surface area contributed by atoms with E-state index >= 15 is 0 Å². The molecule has 8 heteroatoms. The van der Waals surface area contributed by atoms with Crippen molar-refractivity contribution in [2.75, 3.05) is 13.7 Å². The molecule has 1 fully saturated rings. The number of pyridine rings is 1. The lowest BCUT2D eigenvalue weighted by molar-refractivity contribution is 0.00578. The molecule has 0 saturated carbocycles. The van der Waals surface area contributed by atoms with Gasteiger partial charge < -0.3 is 23.3 Å². The highest BCUT2D eigenvalue weighted by atomic mass is 35.5. The first-order chi connectivity index (χ1) is 14.5. The summed E-state index contributed by atoms with van der Waals surface area (Å²) in [6, 6.07) is 7.13. The standard InChI is InChI=1S/C23H31BClNO5/c1-22(2)23(3,4)31-24(30-22)18-15-26(5)21(27)14-20(18)29-12-8-7-9-16-13-17(25)10-11-19(16)28-6/h10-11,13-15H,7-9,12H2,1-6H3. The normalized spacial score (nSPS) is 17.1. The summed E-state index contributed by atoms with van der Waals surface area (Å²) in [7, 11) is 2.77. The van der Waals surface area contributed by atoms with Crippen LogP contribution in [0.4, 0.5) is 0 Å². The van der Waals surface area contributed by atoms with Crippen molar-refractivity contribution in [2.24, 2.45) is 7.05 Å². The van der Waals surface area contributed by atoms with Gasteiger partial charge in [-0.2, -0.15) is 0 Å². The van der Waals surface area contributed by atoms with Gasteiger partial charge in [-0.3, -0.25) is 4.79 Å². The zero-order valence-electron chi connectivity index (χ0n) is 19.2. The van der Waals surface area contributed by atoms with Gasteiger partial charge in [-0.1, -0.05) is 11.6 Å². The van der Waals surface area contributed by atoms with Crippen LogP contribution in [0.15, 0.2) is 35.3 Å². The molecule has 0 bridgehead atoms. The number of nitrogens with zero attached hydrogens (tertiary/aromatic N) is 1. The maximum Gasteiger partial charge on any atom is 0.500 e. The molecule has 0 atom stereocenters. The third-order valence-corrected chi connectivity index (χ3v) is 6.30. The summed E-state index contributed by atoms with van der Waals surface area (Å²) in [6.45, 7) is 8.47. The van der Waals surface area contributed by atoms with Crippen LogP contribution in [0.1, 0.15) is 46.1 Å². The number of halogens is 1. The predicted octanol–water partition coefficient (Wildman–Crippen LogP) is 3.75. The van der Waals surface area contributed by atoms with Crippen molar-refractivity contribution in [2.45, 2.75) is 58.2 Å². The van der Waals surface area contributed by atoms with E-state index in [4.69, 9.17) is 30.4 Å². The second kappa shape index (κ2) is 9.27. The Balaban J connectivity index is 1.65. The Bertz CT molecular complexity index is 972. The molecule has 2 aromatic rings. The summed E-state index contributed by atoms with van der Waals surface area (Å²) in [5.74, 6) is 1.34. The van der Waals surface area contributed by atoms with Crippen LogP contribution in [0.3, 0.4) is 0 Å². The smallest absolute Gasteiger partial charge is 0.496 e. The van der Waals surface area contributed by atoms with E-state index < -0.39 is 18.3 Å². The summed E-state index contributed by atoms with van der Waals surface area (Å²) in [6.07, 6.45) is 4.27. The van der Waals surface area contributed by atoms with E-state index in [9.17, 15) is 4.79 Å². The van der Waals surface area contributed by atoms with Gasteiger partial charge in [-0.25, -0.2) is 0 Å².